The molecule has 3 heterocycles. The number of aromatic nitrogens is 3. The second-order valence-corrected chi connectivity index (χ2v) is 7.55. The molecule has 1 aromatic heterocycles. The zero-order chi connectivity index (χ0) is 20.5. The molecule has 2 aliphatic rings. The zero-order valence-corrected chi connectivity index (χ0v) is 16.3. The summed E-state index contributed by atoms with van der Waals surface area (Å²) in [6, 6.07) is -0.775. The van der Waals surface area contributed by atoms with Crippen LogP contribution in [-0.2, 0) is 17.8 Å². The van der Waals surface area contributed by atoms with Crippen molar-refractivity contribution >= 4 is 24.2 Å². The largest absolute Gasteiger partial charge is 0.346 e. The Morgan fingerprint density at radius 1 is 1.46 bits per heavy atom. The van der Waals surface area contributed by atoms with Gasteiger partial charge in [-0.05, 0) is 32.6 Å². The van der Waals surface area contributed by atoms with Gasteiger partial charge in [0.1, 0.15) is 17.0 Å². The molecule has 0 aliphatic carbocycles. The van der Waals surface area contributed by atoms with Crippen LogP contribution >= 0.6 is 11.6 Å². The third-order valence-corrected chi connectivity index (χ3v) is 5.20. The second-order valence-electron chi connectivity index (χ2n) is 7.16. The van der Waals surface area contributed by atoms with E-state index in [1.54, 1.807) is 12.2 Å². The van der Waals surface area contributed by atoms with Crippen molar-refractivity contribution in [3.63, 3.8) is 0 Å². The highest BCUT2D eigenvalue weighted by atomic mass is 35.5. The molecule has 7 nitrogen and oxygen atoms in total. The number of hydrogen-bond donors (Lipinski definition) is 0. The van der Waals surface area contributed by atoms with E-state index in [1.165, 1.54) is 9.25 Å². The van der Waals surface area contributed by atoms with Gasteiger partial charge in [-0.15, -0.1) is 0 Å². The predicted molar refractivity (Wildman–Crippen MR) is 102 cm³/mol. The highest BCUT2D eigenvalue weighted by Gasteiger charge is 2.43. The van der Waals surface area contributed by atoms with Crippen LogP contribution < -0.4 is 5.69 Å². The molecular formula is C18H22ClF2N5O2. The van der Waals surface area contributed by atoms with E-state index in [2.05, 4.69) is 16.8 Å². The smallest absolute Gasteiger partial charge is 0.335 e. The van der Waals surface area contributed by atoms with Crippen LogP contribution in [0.3, 0.4) is 0 Å². The first kappa shape index (κ1) is 20.4. The Kier molecular flexibility index (Phi) is 5.83. The molecule has 1 amide bonds. The Morgan fingerprint density at radius 3 is 2.86 bits per heavy atom. The Morgan fingerprint density at radius 2 is 2.21 bits per heavy atom. The van der Waals surface area contributed by atoms with E-state index >= 15 is 0 Å². The number of alkyl halides is 2. The number of allylic oxidation sites excluding steroid dienone is 3. The minimum atomic E-state index is -2.86. The first-order chi connectivity index (χ1) is 13.2. The fourth-order valence-corrected chi connectivity index (χ4v) is 3.62. The summed E-state index contributed by atoms with van der Waals surface area (Å²) in [5.41, 5.74) is 0.394. The summed E-state index contributed by atoms with van der Waals surface area (Å²) in [4.78, 5) is 30.4. The lowest BCUT2D eigenvalue weighted by molar-refractivity contribution is -0.135. The molecule has 10 heteroatoms. The summed E-state index contributed by atoms with van der Waals surface area (Å²) in [6.07, 6.45) is 4.61. The van der Waals surface area contributed by atoms with E-state index in [9.17, 15) is 18.4 Å². The third-order valence-electron chi connectivity index (χ3n) is 4.95. The van der Waals surface area contributed by atoms with Crippen LogP contribution in [0.15, 0.2) is 32.7 Å². The topological polar surface area (TPSA) is 72.5 Å². The molecule has 0 bridgehead atoms. The molecule has 1 saturated heterocycles. The summed E-state index contributed by atoms with van der Waals surface area (Å²) in [7, 11) is 0. The lowest BCUT2D eigenvalue weighted by Crippen LogP contribution is -2.42. The minimum Gasteiger partial charge on any atom is -0.335 e. The van der Waals surface area contributed by atoms with Gasteiger partial charge in [-0.3, -0.25) is 14.4 Å². The van der Waals surface area contributed by atoms with Crippen LogP contribution in [0, 0.1) is 0 Å². The molecule has 0 unspecified atom stereocenters. The number of likely N-dealkylation sites (tertiary alicyclic amines) is 1. The molecule has 1 atom stereocenters. The third kappa shape index (κ3) is 4.24. The molecular weight excluding hydrogens is 392 g/mol. The molecule has 0 N–H and O–H groups in total. The molecule has 3 rings (SSSR count). The summed E-state index contributed by atoms with van der Waals surface area (Å²) in [6.45, 7) is 4.76. The lowest BCUT2D eigenvalue weighted by atomic mass is 10.0. The van der Waals surface area contributed by atoms with Crippen molar-refractivity contribution in [3.05, 3.63) is 39.2 Å². The quantitative estimate of drug-likeness (QED) is 0.423. The van der Waals surface area contributed by atoms with Gasteiger partial charge in [0.15, 0.2) is 0 Å². The lowest BCUT2D eigenvalue weighted by Gasteiger charge is -2.27. The van der Waals surface area contributed by atoms with Crippen molar-refractivity contribution in [3.8, 4) is 0 Å². The van der Waals surface area contributed by atoms with Gasteiger partial charge in [-0.25, -0.2) is 18.3 Å². The normalized spacial score (nSPS) is 22.3. The van der Waals surface area contributed by atoms with Crippen molar-refractivity contribution < 1.29 is 13.6 Å². The number of fused-ring (bicyclic) bond motifs is 1. The highest BCUT2D eigenvalue weighted by molar-refractivity contribution is 6.29. The van der Waals surface area contributed by atoms with Crippen molar-refractivity contribution in [2.24, 2.45) is 4.99 Å². The SMILES string of the molecule is C=N/C(Cl)=C\C=C(/C)Cn1nc2n(c1=O)[C@H](C(=O)N1CCC(F)(F)C1)CCC2. The maximum atomic E-state index is 13.5. The van der Waals surface area contributed by atoms with E-state index in [-0.39, 0.29) is 24.7 Å². The van der Waals surface area contributed by atoms with Gasteiger partial charge in [0, 0.05) is 19.4 Å². The molecule has 1 fully saturated rings. The van der Waals surface area contributed by atoms with Crippen LogP contribution in [0.1, 0.15) is 38.1 Å². The minimum absolute atomic E-state index is 0.00678. The van der Waals surface area contributed by atoms with E-state index in [0.29, 0.717) is 25.1 Å². The maximum Gasteiger partial charge on any atom is 0.346 e. The fourth-order valence-electron chi connectivity index (χ4n) is 3.56. The molecule has 1 aromatic rings. The van der Waals surface area contributed by atoms with Crippen molar-refractivity contribution in [2.75, 3.05) is 13.1 Å². The van der Waals surface area contributed by atoms with E-state index in [4.69, 9.17) is 11.6 Å². The summed E-state index contributed by atoms with van der Waals surface area (Å²) < 4.78 is 29.6. The van der Waals surface area contributed by atoms with Crippen LogP contribution in [0.2, 0.25) is 0 Å². The monoisotopic (exact) mass is 413 g/mol. The van der Waals surface area contributed by atoms with Gasteiger partial charge in [0.2, 0.25) is 5.91 Å². The zero-order valence-electron chi connectivity index (χ0n) is 15.6. The number of carbonyl (C=O) groups is 1. The van der Waals surface area contributed by atoms with Gasteiger partial charge in [0.25, 0.3) is 5.92 Å². The second kappa shape index (κ2) is 7.98. The average Bonchev–Trinajstić information content (AvgIpc) is 3.18. The predicted octanol–water partition coefficient (Wildman–Crippen LogP) is 2.52. The molecule has 152 valence electrons. The summed E-state index contributed by atoms with van der Waals surface area (Å²) in [5.74, 6) is -2.78. The summed E-state index contributed by atoms with van der Waals surface area (Å²) >= 11 is 5.77. The molecule has 0 aromatic carbocycles. The van der Waals surface area contributed by atoms with Crippen molar-refractivity contribution in [1.82, 2.24) is 19.2 Å². The average molecular weight is 414 g/mol. The van der Waals surface area contributed by atoms with E-state index in [1.807, 2.05) is 6.92 Å². The molecule has 0 spiro atoms. The molecule has 28 heavy (non-hydrogen) atoms. The number of nitrogens with zero attached hydrogens (tertiary/aromatic N) is 5. The number of carbonyl (C=O) groups excluding carboxylic acids is 1. The Bertz CT molecular complexity index is 902. The molecule has 0 radical (unpaired) electrons. The van der Waals surface area contributed by atoms with Crippen LogP contribution in [0.5, 0.6) is 0 Å². The van der Waals surface area contributed by atoms with Crippen LogP contribution in [-0.4, -0.2) is 50.9 Å². The highest BCUT2D eigenvalue weighted by Crippen LogP contribution is 2.31. The first-order valence-corrected chi connectivity index (χ1v) is 9.44. The van der Waals surface area contributed by atoms with Crippen LogP contribution in [0.25, 0.3) is 0 Å². The number of rotatable bonds is 5. The van der Waals surface area contributed by atoms with Crippen LogP contribution in [0.4, 0.5) is 8.78 Å². The number of aryl methyl sites for hydroxylation is 1. The summed E-state index contributed by atoms with van der Waals surface area (Å²) in [5, 5.41) is 4.57. The van der Waals surface area contributed by atoms with Gasteiger partial charge in [0.05, 0.1) is 13.1 Å². The van der Waals surface area contributed by atoms with Crippen molar-refractivity contribution in [2.45, 2.75) is 51.1 Å². The van der Waals surface area contributed by atoms with Gasteiger partial charge in [-0.1, -0.05) is 23.3 Å². The van der Waals surface area contributed by atoms with Gasteiger partial charge in [-0.2, -0.15) is 5.10 Å². The fraction of sp³-hybridized carbons (Fsp3) is 0.556. The van der Waals surface area contributed by atoms with E-state index in [0.717, 1.165) is 10.5 Å². The van der Waals surface area contributed by atoms with Gasteiger partial charge < -0.3 is 4.90 Å². The number of amides is 1. The number of hydrogen-bond acceptors (Lipinski definition) is 4. The number of aliphatic imine (C=N–C) groups is 1. The molecule has 2 aliphatic heterocycles. The van der Waals surface area contributed by atoms with Gasteiger partial charge >= 0.3 is 5.69 Å². The molecule has 0 saturated carbocycles. The Balaban J connectivity index is 1.84. The number of halogens is 3. The first-order valence-electron chi connectivity index (χ1n) is 9.06. The van der Waals surface area contributed by atoms with Crippen molar-refractivity contribution in [1.29, 1.82) is 0 Å². The maximum absolute atomic E-state index is 13.5. The Hall–Kier alpha value is -2.29. The Labute approximate surface area is 166 Å². The standard InChI is InChI=1S/C18H22ClF2N5O2/c1-12(6-7-14(19)22-2)10-25-17(28)26-13(4-3-5-15(26)23-25)16(27)24-9-8-18(20,21)11-24/h6-7,13H,2-5,8-11H2,1H3/b12-6+,14-7-/t13-/m0/s1. The van der Waals surface area contributed by atoms with E-state index < -0.39 is 30.1 Å².